The smallest absolute Gasteiger partial charge is 0.303 e. The number of hydrogen-bond acceptors (Lipinski definition) is 5. The highest BCUT2D eigenvalue weighted by Crippen LogP contribution is 2.62. The van der Waals surface area contributed by atoms with Gasteiger partial charge in [0.25, 0.3) is 0 Å². The van der Waals surface area contributed by atoms with Gasteiger partial charge in [-0.2, -0.15) is 0 Å². The zero-order valence-corrected chi connectivity index (χ0v) is 18.6. The van der Waals surface area contributed by atoms with Crippen molar-refractivity contribution in [2.75, 3.05) is 20.3 Å². The lowest BCUT2D eigenvalue weighted by atomic mass is 9.54. The number of phenolic OH excluding ortho intramolecular Hbond substituents is 1. The first-order valence-electron chi connectivity index (χ1n) is 11.6. The molecule has 0 aliphatic heterocycles. The topological polar surface area (TPSA) is 93.1 Å². The third-order valence-electron chi connectivity index (χ3n) is 8.16. The van der Waals surface area contributed by atoms with Gasteiger partial charge >= 0.3 is 5.97 Å². The number of benzene rings is 1. The number of carboxylic acid groups (broad SMARTS) is 1. The Morgan fingerprint density at radius 3 is 2.81 bits per heavy atom. The highest BCUT2D eigenvalue weighted by atomic mass is 16.5. The number of carboxylic acids is 1. The number of ketones is 1. The van der Waals surface area contributed by atoms with E-state index in [9.17, 15) is 14.7 Å². The van der Waals surface area contributed by atoms with Crippen LogP contribution < -0.4 is 4.74 Å². The fraction of sp³-hybridized carbons (Fsp3) is 0.680. The Morgan fingerprint density at radius 1 is 1.26 bits per heavy atom. The van der Waals surface area contributed by atoms with Gasteiger partial charge in [-0.15, -0.1) is 0 Å². The molecule has 2 saturated carbocycles. The fourth-order valence-corrected chi connectivity index (χ4v) is 6.78. The number of phenols is 1. The highest BCUT2D eigenvalue weighted by Gasteiger charge is 2.58. The largest absolute Gasteiger partial charge is 0.504 e. The minimum Gasteiger partial charge on any atom is -0.504 e. The number of rotatable bonds is 8. The van der Waals surface area contributed by atoms with Gasteiger partial charge in [0.05, 0.1) is 6.61 Å². The summed E-state index contributed by atoms with van der Waals surface area (Å²) in [5, 5.41) is 19.5. The molecule has 0 bridgehead atoms. The second-order valence-corrected chi connectivity index (χ2v) is 9.82. The second kappa shape index (κ2) is 8.81. The maximum atomic E-state index is 13.0. The van der Waals surface area contributed by atoms with E-state index < -0.39 is 5.97 Å². The predicted octanol–water partition coefficient (Wildman–Crippen LogP) is 4.32. The van der Waals surface area contributed by atoms with Crippen LogP contribution in [-0.2, 0) is 20.7 Å². The van der Waals surface area contributed by atoms with Crippen LogP contribution >= 0.6 is 0 Å². The van der Waals surface area contributed by atoms with Crippen LogP contribution in [0.25, 0.3) is 0 Å². The lowest BCUT2D eigenvalue weighted by molar-refractivity contribution is -0.137. The Bertz CT molecular complexity index is 849. The van der Waals surface area contributed by atoms with Crippen molar-refractivity contribution in [2.24, 2.45) is 23.2 Å². The zero-order valence-electron chi connectivity index (χ0n) is 18.6. The summed E-state index contributed by atoms with van der Waals surface area (Å²) in [6.45, 7) is 3.00. The van der Waals surface area contributed by atoms with Crippen LogP contribution in [0.1, 0.15) is 68.9 Å². The van der Waals surface area contributed by atoms with Crippen LogP contribution in [0.5, 0.6) is 11.5 Å². The lowest BCUT2D eigenvalue weighted by Crippen LogP contribution is -2.44. The van der Waals surface area contributed by atoms with Crippen molar-refractivity contribution < 1.29 is 29.3 Å². The minimum atomic E-state index is -0.763. The van der Waals surface area contributed by atoms with Gasteiger partial charge in [0, 0.05) is 25.4 Å². The monoisotopic (exact) mass is 430 g/mol. The summed E-state index contributed by atoms with van der Waals surface area (Å²) in [6.07, 6.45) is 5.99. The molecule has 6 nitrogen and oxygen atoms in total. The van der Waals surface area contributed by atoms with Crippen molar-refractivity contribution in [3.05, 3.63) is 23.3 Å². The van der Waals surface area contributed by atoms with Crippen LogP contribution in [0.15, 0.2) is 12.1 Å². The summed E-state index contributed by atoms with van der Waals surface area (Å²) in [5.74, 6) is 1.66. The summed E-state index contributed by atoms with van der Waals surface area (Å²) < 4.78 is 10.8. The van der Waals surface area contributed by atoms with Crippen molar-refractivity contribution in [1.82, 2.24) is 0 Å². The highest BCUT2D eigenvalue weighted by molar-refractivity contribution is 5.87. The number of methoxy groups -OCH3 is 1. The maximum absolute atomic E-state index is 13.0. The molecule has 3 unspecified atom stereocenters. The molecule has 2 N–H and O–H groups in total. The van der Waals surface area contributed by atoms with E-state index in [0.29, 0.717) is 55.3 Å². The number of aromatic hydroxyl groups is 1. The normalized spacial score (nSPS) is 31.6. The van der Waals surface area contributed by atoms with E-state index in [4.69, 9.17) is 14.6 Å². The van der Waals surface area contributed by atoms with Crippen molar-refractivity contribution in [1.29, 1.82) is 0 Å². The standard InChI is InChI=1S/C25H34O6/c1-25-9-8-17-18(24(25)16(13-22(25)27)4-3-5-23(28)29)7-6-15-12-20(26)21(14-19(15)17)31-11-10-30-2/h12,14,16-18,24,26H,3-11,13H2,1-2H3,(H,28,29)/t16-,17?,18?,24?,25+/m0/s1. The average molecular weight is 431 g/mol. The van der Waals surface area contributed by atoms with E-state index in [0.717, 1.165) is 32.1 Å². The van der Waals surface area contributed by atoms with Crippen LogP contribution in [0.3, 0.4) is 0 Å². The Balaban J connectivity index is 1.59. The minimum absolute atomic E-state index is 0.173. The molecule has 0 spiro atoms. The van der Waals surface area contributed by atoms with E-state index in [1.165, 1.54) is 11.1 Å². The summed E-state index contributed by atoms with van der Waals surface area (Å²) in [7, 11) is 1.62. The molecule has 2 fully saturated rings. The lowest BCUT2D eigenvalue weighted by Gasteiger charge is -2.50. The SMILES string of the molecule is COCCOc1cc2c(cc1O)CCC1C2CC[C@]2(C)C(=O)C[C@H](CCCC(=O)O)C12. The van der Waals surface area contributed by atoms with Crippen molar-refractivity contribution in [3.63, 3.8) is 0 Å². The Hall–Kier alpha value is -2.08. The molecule has 5 atom stereocenters. The number of aliphatic carboxylic acids is 1. The molecule has 4 rings (SSSR count). The zero-order chi connectivity index (χ0) is 22.2. The number of carbonyl (C=O) groups excluding carboxylic acids is 1. The molecule has 0 heterocycles. The molecule has 6 heteroatoms. The summed E-state index contributed by atoms with van der Waals surface area (Å²) in [5.41, 5.74) is 2.17. The van der Waals surface area contributed by atoms with Gasteiger partial charge in [-0.3, -0.25) is 9.59 Å². The molecular weight excluding hydrogens is 396 g/mol. The summed E-state index contributed by atoms with van der Waals surface area (Å²) in [6, 6.07) is 3.86. The molecule has 170 valence electrons. The van der Waals surface area contributed by atoms with Crippen molar-refractivity contribution in [2.45, 2.75) is 64.2 Å². The van der Waals surface area contributed by atoms with Gasteiger partial charge < -0.3 is 19.7 Å². The molecule has 0 amide bonds. The van der Waals surface area contributed by atoms with Gasteiger partial charge in [0.15, 0.2) is 11.5 Å². The quantitative estimate of drug-likeness (QED) is 0.597. The third kappa shape index (κ3) is 4.07. The molecule has 1 aromatic rings. The molecule has 3 aliphatic carbocycles. The van der Waals surface area contributed by atoms with Gasteiger partial charge in [0.1, 0.15) is 12.4 Å². The average Bonchev–Trinajstić information content (AvgIpc) is 2.98. The number of Topliss-reactive ketones (excluding diaryl/α,β-unsaturated/α-hetero) is 1. The van der Waals surface area contributed by atoms with Crippen LogP contribution in [0.4, 0.5) is 0 Å². The first-order chi connectivity index (χ1) is 14.8. The van der Waals surface area contributed by atoms with Crippen LogP contribution in [0.2, 0.25) is 0 Å². The van der Waals surface area contributed by atoms with E-state index in [1.54, 1.807) is 7.11 Å². The first-order valence-corrected chi connectivity index (χ1v) is 11.6. The van der Waals surface area contributed by atoms with Gasteiger partial charge in [-0.05, 0) is 85.5 Å². The van der Waals surface area contributed by atoms with Gasteiger partial charge in [-0.1, -0.05) is 6.92 Å². The molecular formula is C25H34O6. The fourth-order valence-electron chi connectivity index (χ4n) is 6.78. The maximum Gasteiger partial charge on any atom is 0.303 e. The number of fused-ring (bicyclic) bond motifs is 5. The molecule has 0 aromatic heterocycles. The van der Waals surface area contributed by atoms with E-state index in [1.807, 2.05) is 12.1 Å². The molecule has 3 aliphatic rings. The molecule has 1 aromatic carbocycles. The van der Waals surface area contributed by atoms with E-state index >= 15 is 0 Å². The summed E-state index contributed by atoms with van der Waals surface area (Å²) in [4.78, 5) is 24.0. The Labute approximate surface area is 183 Å². The number of carbonyl (C=O) groups is 2. The molecule has 31 heavy (non-hydrogen) atoms. The number of hydrogen-bond donors (Lipinski definition) is 2. The Morgan fingerprint density at radius 2 is 2.06 bits per heavy atom. The third-order valence-corrected chi connectivity index (χ3v) is 8.16. The molecule has 0 saturated heterocycles. The van der Waals surface area contributed by atoms with E-state index in [-0.39, 0.29) is 23.5 Å². The second-order valence-electron chi connectivity index (χ2n) is 9.82. The Kier molecular flexibility index (Phi) is 6.29. The van der Waals surface area contributed by atoms with E-state index in [2.05, 4.69) is 6.92 Å². The molecule has 0 radical (unpaired) electrons. The first kappa shape index (κ1) is 22.1. The van der Waals surface area contributed by atoms with Crippen molar-refractivity contribution >= 4 is 11.8 Å². The van der Waals surface area contributed by atoms with Crippen molar-refractivity contribution in [3.8, 4) is 11.5 Å². The van der Waals surface area contributed by atoms with Gasteiger partial charge in [-0.25, -0.2) is 0 Å². The number of aryl methyl sites for hydroxylation is 1. The number of ether oxygens (including phenoxy) is 2. The predicted molar refractivity (Wildman–Crippen MR) is 115 cm³/mol. The summed E-state index contributed by atoms with van der Waals surface area (Å²) >= 11 is 0. The van der Waals surface area contributed by atoms with Crippen LogP contribution in [-0.4, -0.2) is 42.3 Å². The van der Waals surface area contributed by atoms with Gasteiger partial charge in [0.2, 0.25) is 0 Å². The van der Waals surface area contributed by atoms with Crippen LogP contribution in [0, 0.1) is 23.2 Å².